The second-order valence-corrected chi connectivity index (χ2v) is 7.25. The third-order valence-corrected chi connectivity index (χ3v) is 6.00. The number of Topliss-reactive ketones (excluding diaryl/α,β-unsaturated/α-hetero) is 1. The summed E-state index contributed by atoms with van der Waals surface area (Å²) < 4.78 is 5.00. The lowest BCUT2D eigenvalue weighted by Gasteiger charge is -2.43. The van der Waals surface area contributed by atoms with Gasteiger partial charge in [0.1, 0.15) is 0 Å². The molecule has 134 valence electrons. The van der Waals surface area contributed by atoms with Crippen LogP contribution in [0.1, 0.15) is 60.9 Å². The van der Waals surface area contributed by atoms with E-state index in [9.17, 15) is 19.7 Å². The van der Waals surface area contributed by atoms with Crippen LogP contribution in [0.5, 0.6) is 0 Å². The Morgan fingerprint density at radius 3 is 2.48 bits per heavy atom. The van der Waals surface area contributed by atoms with E-state index in [0.717, 1.165) is 32.1 Å². The van der Waals surface area contributed by atoms with E-state index >= 15 is 0 Å². The molecule has 1 aromatic carbocycles. The average Bonchev–Trinajstić information content (AvgIpc) is 2.64. The van der Waals surface area contributed by atoms with Gasteiger partial charge in [-0.2, -0.15) is 0 Å². The van der Waals surface area contributed by atoms with Gasteiger partial charge in [0.25, 0.3) is 5.54 Å². The van der Waals surface area contributed by atoms with Crippen LogP contribution >= 0.6 is 0 Å². The summed E-state index contributed by atoms with van der Waals surface area (Å²) in [6.07, 6.45) is 4.64. The molecule has 0 spiro atoms. The van der Waals surface area contributed by atoms with Crippen LogP contribution in [-0.2, 0) is 9.53 Å². The molecule has 3 atom stereocenters. The fourth-order valence-corrected chi connectivity index (χ4v) is 4.75. The first-order valence-corrected chi connectivity index (χ1v) is 8.79. The van der Waals surface area contributed by atoms with Gasteiger partial charge in [-0.25, -0.2) is 0 Å². The lowest BCUT2D eigenvalue weighted by atomic mass is 9.58. The fraction of sp³-hybridized carbons (Fsp3) is 0.579. The van der Waals surface area contributed by atoms with Crippen molar-refractivity contribution < 1.29 is 19.2 Å². The number of nitrogens with zero attached hydrogens (tertiary/aromatic N) is 1. The predicted molar refractivity (Wildman–Crippen MR) is 91.0 cm³/mol. The number of rotatable bonds is 3. The van der Waals surface area contributed by atoms with Gasteiger partial charge in [-0.05, 0) is 24.3 Å². The van der Waals surface area contributed by atoms with Crippen LogP contribution in [0.15, 0.2) is 24.3 Å². The Labute approximate surface area is 146 Å². The van der Waals surface area contributed by atoms with Crippen molar-refractivity contribution in [3.8, 4) is 0 Å². The lowest BCUT2D eigenvalue weighted by molar-refractivity contribution is -0.559. The molecule has 0 unspecified atom stereocenters. The van der Waals surface area contributed by atoms with E-state index < -0.39 is 34.1 Å². The molecule has 0 bridgehead atoms. The molecule has 2 aliphatic rings. The van der Waals surface area contributed by atoms with Crippen molar-refractivity contribution in [1.82, 2.24) is 0 Å². The fourth-order valence-electron chi connectivity index (χ4n) is 4.75. The highest BCUT2D eigenvalue weighted by atomic mass is 16.6. The Morgan fingerprint density at radius 1 is 1.24 bits per heavy atom. The second kappa shape index (κ2) is 6.58. The standard InChI is InChI=1S/C19H23NO5/c1-19(20(23)24)16(12-8-4-3-5-9-12)15(18(22)25-2)13-10-6-7-11-14(13)17(19)21/h6-7,10-12,15-16H,3-5,8-9H2,1-2H3/t15-,16-,19+/m1/s1. The highest BCUT2D eigenvalue weighted by Crippen LogP contribution is 2.50. The summed E-state index contributed by atoms with van der Waals surface area (Å²) in [6.45, 7) is 1.39. The van der Waals surface area contributed by atoms with Crippen molar-refractivity contribution in [3.05, 3.63) is 45.5 Å². The van der Waals surface area contributed by atoms with E-state index in [1.165, 1.54) is 14.0 Å². The maximum absolute atomic E-state index is 13.1. The van der Waals surface area contributed by atoms with E-state index in [4.69, 9.17) is 4.74 Å². The van der Waals surface area contributed by atoms with Crippen LogP contribution < -0.4 is 0 Å². The molecule has 0 aliphatic heterocycles. The van der Waals surface area contributed by atoms with Crippen molar-refractivity contribution in [2.24, 2.45) is 11.8 Å². The van der Waals surface area contributed by atoms with Gasteiger partial charge in [-0.1, -0.05) is 43.5 Å². The van der Waals surface area contributed by atoms with Crippen LogP contribution in [0.3, 0.4) is 0 Å². The Balaban J connectivity index is 2.23. The summed E-state index contributed by atoms with van der Waals surface area (Å²) in [7, 11) is 1.29. The molecular formula is C19H23NO5. The molecule has 0 saturated heterocycles. The Hall–Kier alpha value is -2.24. The minimum absolute atomic E-state index is 0.0365. The zero-order valence-electron chi connectivity index (χ0n) is 14.6. The number of ether oxygens (including phenoxy) is 1. The third kappa shape index (κ3) is 2.64. The molecule has 0 N–H and O–H groups in total. The minimum atomic E-state index is -1.81. The first-order valence-electron chi connectivity index (χ1n) is 8.79. The number of hydrogen-bond acceptors (Lipinski definition) is 5. The molecule has 2 aliphatic carbocycles. The normalized spacial score (nSPS) is 29.8. The van der Waals surface area contributed by atoms with Crippen molar-refractivity contribution in [1.29, 1.82) is 0 Å². The molecule has 25 heavy (non-hydrogen) atoms. The number of ketones is 1. The zero-order valence-corrected chi connectivity index (χ0v) is 14.6. The number of esters is 1. The molecule has 3 rings (SSSR count). The Kier molecular flexibility index (Phi) is 4.62. The number of carbonyl (C=O) groups excluding carboxylic acids is 2. The summed E-state index contributed by atoms with van der Waals surface area (Å²) in [5.41, 5.74) is -0.978. The van der Waals surface area contributed by atoms with E-state index in [-0.39, 0.29) is 11.5 Å². The van der Waals surface area contributed by atoms with Crippen molar-refractivity contribution in [2.75, 3.05) is 7.11 Å². The molecule has 0 aromatic heterocycles. The molecule has 0 amide bonds. The van der Waals surface area contributed by atoms with Crippen LogP contribution in [0.4, 0.5) is 0 Å². The Morgan fingerprint density at radius 2 is 1.88 bits per heavy atom. The van der Waals surface area contributed by atoms with Gasteiger partial charge in [0.15, 0.2) is 0 Å². The maximum atomic E-state index is 13.1. The van der Waals surface area contributed by atoms with Crippen LogP contribution in [0, 0.1) is 22.0 Å². The summed E-state index contributed by atoms with van der Waals surface area (Å²) in [5, 5.41) is 12.0. The first-order chi connectivity index (χ1) is 11.9. The summed E-state index contributed by atoms with van der Waals surface area (Å²) in [5.74, 6) is -2.49. The van der Waals surface area contributed by atoms with Gasteiger partial charge < -0.3 is 4.74 Å². The largest absolute Gasteiger partial charge is 0.469 e. The van der Waals surface area contributed by atoms with Crippen LogP contribution in [0.25, 0.3) is 0 Å². The van der Waals surface area contributed by atoms with E-state index in [0.29, 0.717) is 5.56 Å². The van der Waals surface area contributed by atoms with Gasteiger partial charge in [0.05, 0.1) is 18.9 Å². The second-order valence-electron chi connectivity index (χ2n) is 7.25. The van der Waals surface area contributed by atoms with E-state index in [2.05, 4.69) is 0 Å². The van der Waals surface area contributed by atoms with Gasteiger partial charge >= 0.3 is 5.97 Å². The van der Waals surface area contributed by atoms with E-state index in [1.807, 2.05) is 0 Å². The number of fused-ring (bicyclic) bond motifs is 1. The zero-order chi connectivity index (χ0) is 18.2. The van der Waals surface area contributed by atoms with Gasteiger partial charge in [0, 0.05) is 17.4 Å². The minimum Gasteiger partial charge on any atom is -0.469 e. The third-order valence-electron chi connectivity index (χ3n) is 6.00. The number of hydrogen-bond donors (Lipinski definition) is 0. The average molecular weight is 345 g/mol. The monoisotopic (exact) mass is 345 g/mol. The van der Waals surface area contributed by atoms with E-state index in [1.54, 1.807) is 24.3 Å². The number of methoxy groups -OCH3 is 1. The van der Waals surface area contributed by atoms with Crippen molar-refractivity contribution >= 4 is 11.8 Å². The molecular weight excluding hydrogens is 322 g/mol. The molecule has 6 nitrogen and oxygen atoms in total. The van der Waals surface area contributed by atoms with Gasteiger partial charge in [-0.15, -0.1) is 0 Å². The molecule has 0 radical (unpaired) electrons. The molecule has 1 fully saturated rings. The topological polar surface area (TPSA) is 86.5 Å². The number of nitro groups is 1. The first kappa shape index (κ1) is 17.6. The smallest absolute Gasteiger partial charge is 0.313 e. The van der Waals surface area contributed by atoms with Crippen LogP contribution in [-0.4, -0.2) is 29.3 Å². The molecule has 0 heterocycles. The van der Waals surface area contributed by atoms with Gasteiger partial charge in [-0.3, -0.25) is 19.7 Å². The molecule has 1 saturated carbocycles. The number of benzene rings is 1. The molecule has 6 heteroatoms. The summed E-state index contributed by atoms with van der Waals surface area (Å²) in [4.78, 5) is 37.3. The van der Waals surface area contributed by atoms with Crippen molar-refractivity contribution in [3.63, 3.8) is 0 Å². The van der Waals surface area contributed by atoms with Crippen molar-refractivity contribution in [2.45, 2.75) is 50.5 Å². The summed E-state index contributed by atoms with van der Waals surface area (Å²) in [6, 6.07) is 6.73. The van der Waals surface area contributed by atoms with Gasteiger partial charge in [0.2, 0.25) is 5.78 Å². The maximum Gasteiger partial charge on any atom is 0.313 e. The Bertz CT molecular complexity index is 710. The highest BCUT2D eigenvalue weighted by Gasteiger charge is 2.63. The lowest BCUT2D eigenvalue weighted by Crippen LogP contribution is -2.59. The predicted octanol–water partition coefficient (Wildman–Crippen LogP) is 3.37. The number of carbonyl (C=O) groups is 2. The quantitative estimate of drug-likeness (QED) is 0.476. The highest BCUT2D eigenvalue weighted by molar-refractivity contribution is 6.07. The summed E-state index contributed by atoms with van der Waals surface area (Å²) >= 11 is 0. The SMILES string of the molecule is COC(=O)[C@@H]1c2ccccc2C(=O)[C@@](C)([N+](=O)[O-])[C@@H]1C1CCCCC1. The molecule has 1 aromatic rings. The van der Waals surface area contributed by atoms with Crippen LogP contribution in [0.2, 0.25) is 0 Å².